The Balaban J connectivity index is 1.50. The minimum absolute atomic E-state index is 0.591. The minimum atomic E-state index is 0.591. The van der Waals surface area contributed by atoms with Crippen LogP contribution in [0.2, 0.25) is 0 Å². The van der Waals surface area contributed by atoms with Gasteiger partial charge >= 0.3 is 0 Å². The maximum absolute atomic E-state index is 4.53. The fourth-order valence-electron chi connectivity index (χ4n) is 3.34. The van der Waals surface area contributed by atoms with E-state index in [1.165, 1.54) is 38.2 Å². The van der Waals surface area contributed by atoms with Gasteiger partial charge < -0.3 is 14.0 Å². The summed E-state index contributed by atoms with van der Waals surface area (Å²) in [5, 5.41) is 0. The van der Waals surface area contributed by atoms with E-state index in [4.69, 9.17) is 0 Å². The Labute approximate surface area is 126 Å². The number of imidazole rings is 2. The summed E-state index contributed by atoms with van der Waals surface area (Å²) in [4.78, 5) is 11.4. The third kappa shape index (κ3) is 3.35. The summed E-state index contributed by atoms with van der Waals surface area (Å²) in [6, 6.07) is 0. The Bertz CT molecular complexity index is 571. The number of hydrogen-bond donors (Lipinski definition) is 0. The van der Waals surface area contributed by atoms with Crippen molar-refractivity contribution < 1.29 is 0 Å². The molecule has 3 rings (SSSR count). The van der Waals surface area contributed by atoms with Crippen molar-refractivity contribution in [3.8, 4) is 0 Å². The van der Waals surface area contributed by atoms with Gasteiger partial charge in [-0.2, -0.15) is 0 Å². The number of nitrogens with zero attached hydrogens (tertiary/aromatic N) is 5. The van der Waals surface area contributed by atoms with E-state index in [-0.39, 0.29) is 0 Å². The molecule has 0 N–H and O–H groups in total. The molecule has 0 radical (unpaired) electrons. The van der Waals surface area contributed by atoms with E-state index in [1.807, 2.05) is 12.4 Å². The third-order valence-electron chi connectivity index (χ3n) is 4.53. The molecule has 114 valence electrons. The van der Waals surface area contributed by atoms with E-state index >= 15 is 0 Å². The molecule has 5 nitrogen and oxygen atoms in total. The Kier molecular flexibility index (Phi) is 4.39. The van der Waals surface area contributed by atoms with Gasteiger partial charge in [-0.15, -0.1) is 0 Å². The van der Waals surface area contributed by atoms with Crippen molar-refractivity contribution in [1.82, 2.24) is 24.0 Å². The number of hydrogen-bond acceptors (Lipinski definition) is 3. The lowest BCUT2D eigenvalue weighted by Crippen LogP contribution is -2.36. The molecule has 0 aliphatic carbocycles. The second-order valence-corrected chi connectivity index (χ2v) is 6.06. The summed E-state index contributed by atoms with van der Waals surface area (Å²) in [6.07, 6.45) is 11.6. The summed E-state index contributed by atoms with van der Waals surface area (Å²) >= 11 is 0. The van der Waals surface area contributed by atoms with Crippen LogP contribution in [0.3, 0.4) is 0 Å². The molecule has 1 saturated heterocycles. The van der Waals surface area contributed by atoms with Crippen LogP contribution in [-0.2, 0) is 13.6 Å². The van der Waals surface area contributed by atoms with Crippen molar-refractivity contribution in [3.63, 3.8) is 0 Å². The van der Waals surface area contributed by atoms with Crippen LogP contribution in [-0.4, -0.2) is 43.6 Å². The van der Waals surface area contributed by atoms with Crippen LogP contribution in [0.1, 0.15) is 36.8 Å². The molecule has 0 saturated carbocycles. The Hall–Kier alpha value is -1.62. The smallest absolute Gasteiger partial charge is 0.112 e. The lowest BCUT2D eigenvalue weighted by atomic mass is 9.97. The first-order valence-electron chi connectivity index (χ1n) is 7.91. The number of piperidine rings is 1. The molecular weight excluding hydrogens is 262 g/mol. The summed E-state index contributed by atoms with van der Waals surface area (Å²) in [6.45, 7) is 6.67. The van der Waals surface area contributed by atoms with E-state index in [2.05, 4.69) is 50.4 Å². The molecule has 0 spiro atoms. The Morgan fingerprint density at radius 1 is 1.19 bits per heavy atom. The predicted molar refractivity (Wildman–Crippen MR) is 83.2 cm³/mol. The third-order valence-corrected chi connectivity index (χ3v) is 4.53. The molecule has 1 atom stereocenters. The average Bonchev–Trinajstić information content (AvgIpc) is 3.08. The topological polar surface area (TPSA) is 38.9 Å². The van der Waals surface area contributed by atoms with Gasteiger partial charge in [-0.3, -0.25) is 0 Å². The maximum atomic E-state index is 4.53. The fraction of sp³-hybridized carbons (Fsp3) is 0.625. The van der Waals surface area contributed by atoms with E-state index < -0.39 is 0 Å². The van der Waals surface area contributed by atoms with Crippen LogP contribution >= 0.6 is 0 Å². The minimum Gasteiger partial charge on any atom is -0.338 e. The molecule has 2 aromatic heterocycles. The zero-order valence-corrected chi connectivity index (χ0v) is 13.1. The highest BCUT2D eigenvalue weighted by molar-refractivity contribution is 5.02. The van der Waals surface area contributed by atoms with E-state index in [1.54, 1.807) is 0 Å². The number of aryl methyl sites for hydroxylation is 3. The summed E-state index contributed by atoms with van der Waals surface area (Å²) in [5.41, 5.74) is 0. The second-order valence-electron chi connectivity index (χ2n) is 6.06. The summed E-state index contributed by atoms with van der Waals surface area (Å²) in [7, 11) is 2.10. The fourth-order valence-corrected chi connectivity index (χ4v) is 3.34. The summed E-state index contributed by atoms with van der Waals surface area (Å²) < 4.78 is 4.41. The van der Waals surface area contributed by atoms with Gasteiger partial charge in [-0.05, 0) is 39.3 Å². The van der Waals surface area contributed by atoms with Crippen molar-refractivity contribution in [1.29, 1.82) is 0 Å². The van der Waals surface area contributed by atoms with Crippen molar-refractivity contribution >= 4 is 0 Å². The zero-order valence-electron chi connectivity index (χ0n) is 13.1. The van der Waals surface area contributed by atoms with Crippen molar-refractivity contribution in [2.45, 2.75) is 38.6 Å². The molecule has 0 aromatic carbocycles. The molecule has 0 bridgehead atoms. The van der Waals surface area contributed by atoms with Crippen LogP contribution in [0.25, 0.3) is 0 Å². The van der Waals surface area contributed by atoms with Crippen molar-refractivity contribution in [2.75, 3.05) is 19.6 Å². The van der Waals surface area contributed by atoms with Crippen LogP contribution in [0.5, 0.6) is 0 Å². The van der Waals surface area contributed by atoms with Gasteiger partial charge in [0.1, 0.15) is 11.6 Å². The highest BCUT2D eigenvalue weighted by Gasteiger charge is 2.23. The number of likely N-dealkylation sites (tertiary alicyclic amines) is 1. The van der Waals surface area contributed by atoms with Gasteiger partial charge in [0.25, 0.3) is 0 Å². The lowest BCUT2D eigenvalue weighted by Gasteiger charge is -2.32. The first kappa shape index (κ1) is 14.3. The molecule has 1 fully saturated rings. The van der Waals surface area contributed by atoms with Gasteiger partial charge in [0, 0.05) is 50.8 Å². The number of rotatable bonds is 5. The van der Waals surface area contributed by atoms with Crippen LogP contribution < -0.4 is 0 Å². The van der Waals surface area contributed by atoms with Crippen molar-refractivity contribution in [3.05, 3.63) is 36.4 Å². The molecule has 1 aliphatic heterocycles. The quantitative estimate of drug-likeness (QED) is 0.846. The first-order chi connectivity index (χ1) is 10.2. The van der Waals surface area contributed by atoms with Gasteiger partial charge in [-0.1, -0.05) is 0 Å². The molecule has 0 unspecified atom stereocenters. The highest BCUT2D eigenvalue weighted by atomic mass is 15.1. The lowest BCUT2D eigenvalue weighted by molar-refractivity contribution is 0.198. The second kappa shape index (κ2) is 6.43. The molecule has 5 heteroatoms. The molecular formula is C16H25N5. The average molecular weight is 287 g/mol. The molecule has 3 heterocycles. The van der Waals surface area contributed by atoms with Gasteiger partial charge in [-0.25, -0.2) is 9.97 Å². The predicted octanol–water partition coefficient (Wildman–Crippen LogP) is 2.19. The van der Waals surface area contributed by atoms with E-state index in [9.17, 15) is 0 Å². The van der Waals surface area contributed by atoms with Crippen molar-refractivity contribution in [2.24, 2.45) is 7.05 Å². The largest absolute Gasteiger partial charge is 0.338 e. The normalized spacial score (nSPS) is 20.0. The Morgan fingerprint density at radius 2 is 2.05 bits per heavy atom. The first-order valence-corrected chi connectivity index (χ1v) is 7.91. The van der Waals surface area contributed by atoms with Crippen LogP contribution in [0.15, 0.2) is 24.8 Å². The molecule has 21 heavy (non-hydrogen) atoms. The Morgan fingerprint density at radius 3 is 2.76 bits per heavy atom. The standard InChI is InChI=1S/C16H25N5/c1-14-17-7-12-21(14)10-4-9-20-8-3-5-15(13-20)16-18-6-11-19(16)2/h6-7,11-12,15H,3-5,8-10,13H2,1-2H3/t15-/m1/s1. The molecule has 1 aliphatic rings. The SMILES string of the molecule is Cc1nccn1CCCN1CCC[C@@H](c2nccn2C)C1. The monoisotopic (exact) mass is 287 g/mol. The maximum Gasteiger partial charge on any atom is 0.112 e. The number of aromatic nitrogens is 4. The molecule has 2 aromatic rings. The molecule has 0 amide bonds. The van der Waals surface area contributed by atoms with E-state index in [0.29, 0.717) is 5.92 Å². The van der Waals surface area contributed by atoms with Gasteiger partial charge in [0.15, 0.2) is 0 Å². The van der Waals surface area contributed by atoms with Crippen LogP contribution in [0.4, 0.5) is 0 Å². The van der Waals surface area contributed by atoms with Gasteiger partial charge in [0.2, 0.25) is 0 Å². The van der Waals surface area contributed by atoms with Gasteiger partial charge in [0.05, 0.1) is 0 Å². The highest BCUT2D eigenvalue weighted by Crippen LogP contribution is 2.25. The van der Waals surface area contributed by atoms with E-state index in [0.717, 1.165) is 18.9 Å². The zero-order chi connectivity index (χ0) is 14.7. The van der Waals surface area contributed by atoms with Crippen LogP contribution in [0, 0.1) is 6.92 Å². The summed E-state index contributed by atoms with van der Waals surface area (Å²) in [5.74, 6) is 2.94.